The molecule has 1 amide bonds. The zero-order valence-electron chi connectivity index (χ0n) is 8.21. The summed E-state index contributed by atoms with van der Waals surface area (Å²) in [7, 11) is 3.36. The number of nitrogens with one attached hydrogen (secondary N) is 1. The van der Waals surface area contributed by atoms with Gasteiger partial charge in [0.05, 0.1) is 6.61 Å². The van der Waals surface area contributed by atoms with Gasteiger partial charge in [0, 0.05) is 31.4 Å². The minimum Gasteiger partial charge on any atom is -0.383 e. The van der Waals surface area contributed by atoms with E-state index < -0.39 is 0 Å². The van der Waals surface area contributed by atoms with Crippen molar-refractivity contribution in [3.8, 4) is 0 Å². The van der Waals surface area contributed by atoms with Gasteiger partial charge in [0.25, 0.3) is 5.91 Å². The lowest BCUT2D eigenvalue weighted by Crippen LogP contribution is -2.30. The van der Waals surface area contributed by atoms with E-state index in [1.165, 1.54) is 0 Å². The van der Waals surface area contributed by atoms with Crippen LogP contribution in [0.15, 0.2) is 16.7 Å². The van der Waals surface area contributed by atoms with Crippen LogP contribution in [0.1, 0.15) is 10.5 Å². The van der Waals surface area contributed by atoms with Crippen molar-refractivity contribution in [1.82, 2.24) is 9.88 Å². The number of carbonyl (C=O) groups is 1. The molecular weight excluding hydrogens is 248 g/mol. The molecule has 1 rings (SSSR count). The first-order chi connectivity index (χ1) is 6.65. The molecule has 0 bridgehead atoms. The van der Waals surface area contributed by atoms with Crippen molar-refractivity contribution < 1.29 is 9.53 Å². The maximum atomic E-state index is 11.7. The normalized spacial score (nSPS) is 10.2. The van der Waals surface area contributed by atoms with E-state index in [9.17, 15) is 4.79 Å². The van der Waals surface area contributed by atoms with Crippen LogP contribution in [0.3, 0.4) is 0 Å². The Kier molecular flexibility index (Phi) is 4.16. The maximum absolute atomic E-state index is 11.7. The first kappa shape index (κ1) is 11.3. The van der Waals surface area contributed by atoms with Crippen molar-refractivity contribution >= 4 is 21.8 Å². The van der Waals surface area contributed by atoms with Crippen LogP contribution in [0.2, 0.25) is 0 Å². The molecule has 0 saturated carbocycles. The first-order valence-corrected chi connectivity index (χ1v) is 5.02. The molecule has 0 aliphatic heterocycles. The average molecular weight is 261 g/mol. The fourth-order valence-corrected chi connectivity index (χ4v) is 1.37. The standard InChI is InChI=1S/C9H13BrN2O2/c1-12(3-4-14-2)9(13)8-5-7(10)6-11-8/h5-6,11H,3-4H2,1-2H3. The molecule has 0 fully saturated rings. The highest BCUT2D eigenvalue weighted by Gasteiger charge is 2.12. The predicted molar refractivity (Wildman–Crippen MR) is 57.3 cm³/mol. The summed E-state index contributed by atoms with van der Waals surface area (Å²) in [6.07, 6.45) is 1.73. The van der Waals surface area contributed by atoms with E-state index in [1.807, 2.05) is 0 Å². The van der Waals surface area contributed by atoms with Gasteiger partial charge in [-0.15, -0.1) is 0 Å². The van der Waals surface area contributed by atoms with Crippen molar-refractivity contribution in [1.29, 1.82) is 0 Å². The fourth-order valence-electron chi connectivity index (χ4n) is 1.03. The Labute approximate surface area is 91.4 Å². The molecule has 0 unspecified atom stereocenters. The smallest absolute Gasteiger partial charge is 0.270 e. The highest BCUT2D eigenvalue weighted by molar-refractivity contribution is 9.10. The van der Waals surface area contributed by atoms with Crippen molar-refractivity contribution in [3.05, 3.63) is 22.4 Å². The Morgan fingerprint density at radius 1 is 1.71 bits per heavy atom. The minimum atomic E-state index is -0.0345. The first-order valence-electron chi connectivity index (χ1n) is 4.23. The number of halogens is 1. The molecule has 0 aliphatic rings. The summed E-state index contributed by atoms with van der Waals surface area (Å²) < 4.78 is 5.77. The number of ether oxygens (including phenoxy) is 1. The zero-order valence-corrected chi connectivity index (χ0v) is 9.80. The lowest BCUT2D eigenvalue weighted by Gasteiger charge is -2.15. The molecule has 0 spiro atoms. The van der Waals surface area contributed by atoms with Crippen molar-refractivity contribution in [3.63, 3.8) is 0 Å². The number of methoxy groups -OCH3 is 1. The van der Waals surface area contributed by atoms with E-state index in [4.69, 9.17) is 4.74 Å². The van der Waals surface area contributed by atoms with Crippen LogP contribution < -0.4 is 0 Å². The van der Waals surface area contributed by atoms with Gasteiger partial charge in [-0.25, -0.2) is 0 Å². The zero-order chi connectivity index (χ0) is 10.6. The Morgan fingerprint density at radius 2 is 2.43 bits per heavy atom. The van der Waals surface area contributed by atoms with Crippen LogP contribution in [0.5, 0.6) is 0 Å². The molecule has 78 valence electrons. The highest BCUT2D eigenvalue weighted by Crippen LogP contribution is 2.11. The summed E-state index contributed by atoms with van der Waals surface area (Å²) in [6.45, 7) is 1.14. The molecular formula is C9H13BrN2O2. The van der Waals surface area contributed by atoms with Gasteiger partial charge in [-0.1, -0.05) is 0 Å². The second kappa shape index (κ2) is 5.17. The number of nitrogens with zero attached hydrogens (tertiary/aromatic N) is 1. The van der Waals surface area contributed by atoms with Gasteiger partial charge >= 0.3 is 0 Å². The number of hydrogen-bond acceptors (Lipinski definition) is 2. The quantitative estimate of drug-likeness (QED) is 0.892. The van der Waals surface area contributed by atoms with Crippen molar-refractivity contribution in [2.24, 2.45) is 0 Å². The summed E-state index contributed by atoms with van der Waals surface area (Å²) in [5.41, 5.74) is 0.579. The van der Waals surface area contributed by atoms with E-state index >= 15 is 0 Å². The number of rotatable bonds is 4. The van der Waals surface area contributed by atoms with E-state index in [1.54, 1.807) is 31.3 Å². The van der Waals surface area contributed by atoms with Crippen LogP contribution in [0.25, 0.3) is 0 Å². The number of H-pyrrole nitrogens is 1. The molecule has 0 saturated heterocycles. The largest absolute Gasteiger partial charge is 0.383 e. The SMILES string of the molecule is COCCN(C)C(=O)c1cc(Br)c[nH]1. The van der Waals surface area contributed by atoms with Gasteiger partial charge in [0.2, 0.25) is 0 Å². The van der Waals surface area contributed by atoms with Crippen molar-refractivity contribution in [2.45, 2.75) is 0 Å². The second-order valence-electron chi connectivity index (χ2n) is 2.95. The van der Waals surface area contributed by atoms with Gasteiger partial charge in [-0.05, 0) is 22.0 Å². The molecule has 1 aromatic heterocycles. The predicted octanol–water partition coefficient (Wildman–Crippen LogP) is 1.50. The number of likely N-dealkylation sites (N-methyl/N-ethyl adjacent to an activating group) is 1. The van der Waals surface area contributed by atoms with E-state index in [0.717, 1.165) is 4.47 Å². The summed E-state index contributed by atoms with van der Waals surface area (Å²) in [5.74, 6) is -0.0345. The molecule has 0 aromatic carbocycles. The van der Waals surface area contributed by atoms with E-state index in [-0.39, 0.29) is 5.91 Å². The maximum Gasteiger partial charge on any atom is 0.270 e. The third kappa shape index (κ3) is 2.85. The molecule has 0 atom stereocenters. The van der Waals surface area contributed by atoms with Gasteiger partial charge in [-0.3, -0.25) is 4.79 Å². The number of amides is 1. The summed E-state index contributed by atoms with van der Waals surface area (Å²) in [4.78, 5) is 16.2. The van der Waals surface area contributed by atoms with Gasteiger partial charge < -0.3 is 14.6 Å². The van der Waals surface area contributed by atoms with Gasteiger partial charge in [-0.2, -0.15) is 0 Å². The molecule has 1 heterocycles. The van der Waals surface area contributed by atoms with Gasteiger partial charge in [0.1, 0.15) is 5.69 Å². The average Bonchev–Trinajstić information content (AvgIpc) is 2.60. The van der Waals surface area contributed by atoms with Crippen LogP contribution >= 0.6 is 15.9 Å². The van der Waals surface area contributed by atoms with E-state index in [0.29, 0.717) is 18.8 Å². The number of hydrogen-bond donors (Lipinski definition) is 1. The van der Waals surface area contributed by atoms with Crippen LogP contribution in [-0.4, -0.2) is 43.1 Å². The Morgan fingerprint density at radius 3 is 2.93 bits per heavy atom. The Balaban J connectivity index is 2.56. The third-order valence-electron chi connectivity index (χ3n) is 1.86. The summed E-state index contributed by atoms with van der Waals surface area (Å²) in [6, 6.07) is 1.76. The monoisotopic (exact) mass is 260 g/mol. The number of carbonyl (C=O) groups excluding carboxylic acids is 1. The Hall–Kier alpha value is -0.810. The van der Waals surface area contributed by atoms with E-state index in [2.05, 4.69) is 20.9 Å². The Bertz CT molecular complexity index is 312. The molecule has 14 heavy (non-hydrogen) atoms. The topological polar surface area (TPSA) is 45.3 Å². The molecule has 4 nitrogen and oxygen atoms in total. The highest BCUT2D eigenvalue weighted by atomic mass is 79.9. The molecule has 0 radical (unpaired) electrons. The minimum absolute atomic E-state index is 0.0345. The number of aromatic nitrogens is 1. The van der Waals surface area contributed by atoms with Crippen molar-refractivity contribution in [2.75, 3.05) is 27.3 Å². The summed E-state index contributed by atoms with van der Waals surface area (Å²) in [5, 5.41) is 0. The molecule has 0 aliphatic carbocycles. The fraction of sp³-hybridized carbons (Fsp3) is 0.444. The van der Waals surface area contributed by atoms with Crippen LogP contribution in [-0.2, 0) is 4.74 Å². The molecule has 1 N–H and O–H groups in total. The lowest BCUT2D eigenvalue weighted by atomic mass is 10.4. The van der Waals surface area contributed by atoms with Crippen LogP contribution in [0.4, 0.5) is 0 Å². The number of aromatic amines is 1. The second-order valence-corrected chi connectivity index (χ2v) is 3.87. The lowest BCUT2D eigenvalue weighted by molar-refractivity contribution is 0.0739. The third-order valence-corrected chi connectivity index (χ3v) is 2.31. The van der Waals surface area contributed by atoms with Crippen LogP contribution in [0, 0.1) is 0 Å². The van der Waals surface area contributed by atoms with Gasteiger partial charge in [0.15, 0.2) is 0 Å². The summed E-state index contributed by atoms with van der Waals surface area (Å²) >= 11 is 3.28. The molecule has 5 heteroatoms. The molecule has 1 aromatic rings.